The molecular weight excluding hydrogens is 254 g/mol. The molecule has 20 heavy (non-hydrogen) atoms. The molecule has 0 spiro atoms. The highest BCUT2D eigenvalue weighted by atomic mass is 16.5. The first-order valence-corrected chi connectivity index (χ1v) is 7.27. The Balaban J connectivity index is 1.86. The van der Waals surface area contributed by atoms with E-state index >= 15 is 0 Å². The van der Waals surface area contributed by atoms with Gasteiger partial charge in [0.05, 0.1) is 6.61 Å². The number of rotatable bonds is 6. The first-order valence-electron chi connectivity index (χ1n) is 7.27. The van der Waals surface area contributed by atoms with Crippen molar-refractivity contribution in [3.8, 4) is 5.88 Å². The zero-order chi connectivity index (χ0) is 14.4. The highest BCUT2D eigenvalue weighted by molar-refractivity contribution is 5.27. The van der Waals surface area contributed by atoms with Gasteiger partial charge in [-0.1, -0.05) is 6.92 Å². The lowest BCUT2D eigenvalue weighted by Gasteiger charge is -2.37. The quantitative estimate of drug-likeness (QED) is 0.836. The van der Waals surface area contributed by atoms with Crippen molar-refractivity contribution in [3.05, 3.63) is 12.3 Å². The van der Waals surface area contributed by atoms with Crippen LogP contribution in [-0.4, -0.2) is 72.7 Å². The zero-order valence-electron chi connectivity index (χ0n) is 12.7. The van der Waals surface area contributed by atoms with Crippen LogP contribution in [0.4, 0.5) is 5.95 Å². The van der Waals surface area contributed by atoms with Crippen LogP contribution in [0.15, 0.2) is 12.3 Å². The third-order valence-corrected chi connectivity index (χ3v) is 3.56. The van der Waals surface area contributed by atoms with Crippen LogP contribution in [0.3, 0.4) is 0 Å². The van der Waals surface area contributed by atoms with Gasteiger partial charge in [0.1, 0.15) is 0 Å². The molecule has 0 saturated carbocycles. The summed E-state index contributed by atoms with van der Waals surface area (Å²) >= 11 is 0. The Morgan fingerprint density at radius 3 is 3.05 bits per heavy atom. The van der Waals surface area contributed by atoms with Crippen molar-refractivity contribution in [2.45, 2.75) is 19.4 Å². The number of hydrogen-bond donors (Lipinski definition) is 1. The average Bonchev–Trinajstić information content (AvgIpc) is 2.46. The van der Waals surface area contributed by atoms with Gasteiger partial charge in [-0.25, -0.2) is 4.98 Å². The molecule has 0 bridgehead atoms. The van der Waals surface area contributed by atoms with E-state index in [1.54, 1.807) is 12.3 Å². The van der Waals surface area contributed by atoms with Gasteiger partial charge in [-0.3, -0.25) is 4.90 Å². The maximum atomic E-state index is 5.52. The van der Waals surface area contributed by atoms with Gasteiger partial charge in [0.2, 0.25) is 11.8 Å². The predicted molar refractivity (Wildman–Crippen MR) is 80.2 cm³/mol. The number of likely N-dealkylation sites (N-methyl/N-ethyl adjacent to an activating group) is 2. The molecule has 1 atom stereocenters. The largest absolute Gasteiger partial charge is 0.478 e. The van der Waals surface area contributed by atoms with Crippen molar-refractivity contribution in [1.82, 2.24) is 19.8 Å². The summed E-state index contributed by atoms with van der Waals surface area (Å²) in [5, 5.41) is 3.31. The minimum Gasteiger partial charge on any atom is -0.478 e. The van der Waals surface area contributed by atoms with Gasteiger partial charge in [0.15, 0.2) is 0 Å². The highest BCUT2D eigenvalue weighted by Gasteiger charge is 2.21. The standard InChI is InChI=1S/C14H25N5O/c1-4-9-20-13-5-6-15-14(17-13)16-10-12-11-18(2)7-8-19(12)3/h5-6,12H,4,7-11H2,1-3H3,(H,15,16,17). The van der Waals surface area contributed by atoms with Crippen LogP contribution in [0, 0.1) is 0 Å². The summed E-state index contributed by atoms with van der Waals surface area (Å²) in [5.41, 5.74) is 0. The molecule has 0 aromatic carbocycles. The molecule has 0 aliphatic carbocycles. The van der Waals surface area contributed by atoms with Crippen molar-refractivity contribution in [3.63, 3.8) is 0 Å². The molecule has 1 aromatic heterocycles. The Hall–Kier alpha value is -1.40. The van der Waals surface area contributed by atoms with E-state index in [1.165, 1.54) is 0 Å². The normalized spacial score (nSPS) is 20.9. The Bertz CT molecular complexity index is 414. The Morgan fingerprint density at radius 1 is 1.40 bits per heavy atom. The van der Waals surface area contributed by atoms with Crippen LogP contribution in [0.5, 0.6) is 5.88 Å². The molecule has 1 aliphatic rings. The minimum atomic E-state index is 0.484. The van der Waals surface area contributed by atoms with Crippen molar-refractivity contribution < 1.29 is 4.74 Å². The average molecular weight is 279 g/mol. The number of hydrogen-bond acceptors (Lipinski definition) is 6. The second-order valence-electron chi connectivity index (χ2n) is 5.34. The van der Waals surface area contributed by atoms with Gasteiger partial charge in [-0.2, -0.15) is 4.98 Å². The van der Waals surface area contributed by atoms with Crippen LogP contribution >= 0.6 is 0 Å². The molecule has 112 valence electrons. The molecule has 6 nitrogen and oxygen atoms in total. The van der Waals surface area contributed by atoms with E-state index in [0.717, 1.165) is 32.6 Å². The molecule has 1 fully saturated rings. The van der Waals surface area contributed by atoms with Crippen molar-refractivity contribution >= 4 is 5.95 Å². The van der Waals surface area contributed by atoms with Gasteiger partial charge >= 0.3 is 0 Å². The Labute approximate surface area is 121 Å². The third-order valence-electron chi connectivity index (χ3n) is 3.56. The maximum Gasteiger partial charge on any atom is 0.225 e. The summed E-state index contributed by atoms with van der Waals surface area (Å²) in [5.74, 6) is 1.28. The van der Waals surface area contributed by atoms with Gasteiger partial charge in [0, 0.05) is 44.5 Å². The highest BCUT2D eigenvalue weighted by Crippen LogP contribution is 2.10. The summed E-state index contributed by atoms with van der Waals surface area (Å²) in [6.07, 6.45) is 2.71. The predicted octanol–water partition coefficient (Wildman–Crippen LogP) is 0.923. The summed E-state index contributed by atoms with van der Waals surface area (Å²) in [4.78, 5) is 13.3. The van der Waals surface area contributed by atoms with E-state index in [4.69, 9.17) is 4.74 Å². The monoisotopic (exact) mass is 279 g/mol. The first-order chi connectivity index (χ1) is 9.69. The third kappa shape index (κ3) is 4.31. The molecule has 0 amide bonds. The second-order valence-corrected chi connectivity index (χ2v) is 5.34. The summed E-state index contributed by atoms with van der Waals surface area (Å²) in [6, 6.07) is 2.28. The maximum absolute atomic E-state index is 5.52. The fourth-order valence-corrected chi connectivity index (χ4v) is 2.25. The molecule has 6 heteroatoms. The number of aromatic nitrogens is 2. The Morgan fingerprint density at radius 2 is 2.25 bits per heavy atom. The Kier molecular flexibility index (Phi) is 5.55. The van der Waals surface area contributed by atoms with E-state index in [9.17, 15) is 0 Å². The number of piperazine rings is 1. The SMILES string of the molecule is CCCOc1ccnc(NCC2CN(C)CCN2C)n1. The lowest BCUT2D eigenvalue weighted by atomic mass is 10.2. The van der Waals surface area contributed by atoms with Crippen LogP contribution < -0.4 is 10.1 Å². The van der Waals surface area contributed by atoms with Crippen molar-refractivity contribution in [2.75, 3.05) is 52.2 Å². The van der Waals surface area contributed by atoms with E-state index in [0.29, 0.717) is 24.5 Å². The van der Waals surface area contributed by atoms with Crippen molar-refractivity contribution in [2.24, 2.45) is 0 Å². The van der Waals surface area contributed by atoms with Crippen LogP contribution in [0.25, 0.3) is 0 Å². The second kappa shape index (κ2) is 7.40. The molecule has 1 saturated heterocycles. The number of nitrogens with one attached hydrogen (secondary N) is 1. The summed E-state index contributed by atoms with van der Waals surface area (Å²) in [7, 11) is 4.33. The fourth-order valence-electron chi connectivity index (χ4n) is 2.25. The minimum absolute atomic E-state index is 0.484. The van der Waals surface area contributed by atoms with Gasteiger partial charge in [-0.05, 0) is 20.5 Å². The molecule has 0 radical (unpaired) electrons. The number of ether oxygens (including phenoxy) is 1. The zero-order valence-corrected chi connectivity index (χ0v) is 12.7. The summed E-state index contributed by atoms with van der Waals surface area (Å²) in [6.45, 7) is 6.91. The van der Waals surface area contributed by atoms with Gasteiger partial charge < -0.3 is 15.0 Å². The molecule has 1 aliphatic heterocycles. The van der Waals surface area contributed by atoms with Gasteiger partial charge in [0.25, 0.3) is 0 Å². The first kappa shape index (κ1) is 15.0. The van der Waals surface area contributed by atoms with Crippen LogP contribution in [-0.2, 0) is 0 Å². The van der Waals surface area contributed by atoms with E-state index in [-0.39, 0.29) is 0 Å². The van der Waals surface area contributed by atoms with E-state index < -0.39 is 0 Å². The lowest BCUT2D eigenvalue weighted by molar-refractivity contribution is 0.121. The lowest BCUT2D eigenvalue weighted by Crippen LogP contribution is -2.52. The smallest absolute Gasteiger partial charge is 0.225 e. The number of nitrogens with zero attached hydrogens (tertiary/aromatic N) is 4. The fraction of sp³-hybridized carbons (Fsp3) is 0.714. The van der Waals surface area contributed by atoms with E-state index in [2.05, 4.69) is 46.1 Å². The molecule has 1 aromatic rings. The van der Waals surface area contributed by atoms with Crippen LogP contribution in [0.2, 0.25) is 0 Å². The molecule has 2 rings (SSSR count). The summed E-state index contributed by atoms with van der Waals surface area (Å²) < 4.78 is 5.52. The molecular formula is C14H25N5O. The molecule has 2 heterocycles. The van der Waals surface area contributed by atoms with E-state index in [1.807, 2.05) is 0 Å². The van der Waals surface area contributed by atoms with Gasteiger partial charge in [-0.15, -0.1) is 0 Å². The topological polar surface area (TPSA) is 53.5 Å². The van der Waals surface area contributed by atoms with Crippen LogP contribution in [0.1, 0.15) is 13.3 Å². The molecule has 1 N–H and O–H groups in total. The number of anilines is 1. The molecule has 1 unspecified atom stereocenters. The van der Waals surface area contributed by atoms with Crippen molar-refractivity contribution in [1.29, 1.82) is 0 Å².